The zero-order chi connectivity index (χ0) is 62.8. The van der Waals surface area contributed by atoms with Crippen molar-refractivity contribution in [3.05, 3.63) is 229 Å². The van der Waals surface area contributed by atoms with Gasteiger partial charge in [-0.15, -0.1) is 0 Å². The molecule has 2 aromatic heterocycles. The van der Waals surface area contributed by atoms with Gasteiger partial charge in [-0.2, -0.15) is 0 Å². The molecule has 0 unspecified atom stereocenters. The van der Waals surface area contributed by atoms with Crippen LogP contribution in [0.25, 0.3) is 72.1 Å². The number of ether oxygens (including phenoxy) is 2. The van der Waals surface area contributed by atoms with E-state index in [9.17, 15) is 9.60 Å². The molecule has 3 aliphatic rings. The van der Waals surface area contributed by atoms with Crippen LogP contribution in [0.15, 0.2) is 206 Å². The largest absolute Gasteiger partial charge is 0.457 e. The molecular weight excluding hydrogens is 965 g/mol. The molecule has 0 saturated carbocycles. The molecule has 0 radical (unpaired) electrons. The van der Waals surface area contributed by atoms with Crippen molar-refractivity contribution in [3.8, 4) is 73.3 Å². The first-order chi connectivity index (χ1) is 42.3. The van der Waals surface area contributed by atoms with Gasteiger partial charge in [0.05, 0.1) is 32.2 Å². The highest BCUT2D eigenvalue weighted by Crippen LogP contribution is 2.53. The number of pyridine rings is 1. The Morgan fingerprint density at radius 3 is 2.04 bits per heavy atom. The van der Waals surface area contributed by atoms with E-state index in [4.69, 9.17) is 18.6 Å². The number of anilines is 4. The van der Waals surface area contributed by atoms with Gasteiger partial charge in [0.15, 0.2) is 0 Å². The summed E-state index contributed by atoms with van der Waals surface area (Å²) in [6.07, 6.45) is -2.03. The monoisotopic (exact) mass is 1040 g/mol. The SMILES string of the molecule is [2H]c1c(-c2ccccc2)c([2H])c2c3ccc4cc3n(c2c1[2H])-c1cc(C(C)(C)C)c(cn1)-c1cccc(c1)Oc1ccccc1-c1cc(C([2H])([2H])C(C)C)cc(-c2cc(C([2H])([2H])[2H])cc(C([2H])([2H])C(C)C)c2)c1N1CN(c2cccc(c2)O4)c2ccccc21. The van der Waals surface area contributed by atoms with Crippen molar-refractivity contribution in [2.24, 2.45) is 11.8 Å². The van der Waals surface area contributed by atoms with Gasteiger partial charge in [0.2, 0.25) is 0 Å². The summed E-state index contributed by atoms with van der Waals surface area (Å²) in [5.41, 5.74) is 9.79. The minimum Gasteiger partial charge on any atom is -0.457 e. The molecule has 0 atom stereocenters. The fourth-order valence-corrected chi connectivity index (χ4v) is 11.3. The summed E-state index contributed by atoms with van der Waals surface area (Å²) in [6.45, 7) is 11.2. The topological polar surface area (TPSA) is 42.8 Å². The molecule has 0 aliphatic carbocycles. The third-order valence-electron chi connectivity index (χ3n) is 14.7. The summed E-state index contributed by atoms with van der Waals surface area (Å²) < 4.78 is 110. The lowest BCUT2D eigenvalue weighted by Crippen LogP contribution is -2.25. The van der Waals surface area contributed by atoms with Gasteiger partial charge in [-0.3, -0.25) is 4.57 Å². The maximum Gasteiger partial charge on any atom is 0.137 e. The Morgan fingerprint density at radius 2 is 1.25 bits per heavy atom. The minimum absolute atomic E-state index is 0.0416. The number of benzene rings is 9. The van der Waals surface area contributed by atoms with Gasteiger partial charge in [0.1, 0.15) is 35.5 Å². The van der Waals surface area contributed by atoms with E-state index in [0.717, 1.165) is 33.8 Å². The second-order valence-corrected chi connectivity index (χ2v) is 22.2. The number of aromatic nitrogens is 2. The Morgan fingerprint density at radius 1 is 0.557 bits per heavy atom. The van der Waals surface area contributed by atoms with E-state index >= 15 is 0 Å². The Bertz CT molecular complexity index is 4640. The molecule has 0 spiro atoms. The summed E-state index contributed by atoms with van der Waals surface area (Å²) >= 11 is 0. The molecule has 10 bridgehead atoms. The van der Waals surface area contributed by atoms with Crippen molar-refractivity contribution in [2.45, 2.75) is 73.5 Å². The highest BCUT2D eigenvalue weighted by Gasteiger charge is 2.33. The van der Waals surface area contributed by atoms with Crippen LogP contribution in [0, 0.1) is 18.7 Å². The van der Waals surface area contributed by atoms with E-state index in [-0.39, 0.29) is 35.9 Å². The number of nitrogens with zero attached hydrogens (tertiary/aromatic N) is 4. The summed E-state index contributed by atoms with van der Waals surface area (Å²) in [7, 11) is 0. The lowest BCUT2D eigenvalue weighted by atomic mass is 9.82. The summed E-state index contributed by atoms with van der Waals surface area (Å²) in [5.74, 6) is 1.41. The Balaban J connectivity index is 1.10. The van der Waals surface area contributed by atoms with Crippen LogP contribution in [0.5, 0.6) is 23.0 Å². The van der Waals surface area contributed by atoms with Crippen LogP contribution in [-0.2, 0) is 18.2 Å². The molecule has 390 valence electrons. The lowest BCUT2D eigenvalue weighted by molar-refractivity contribution is 0.483. The Hall–Kier alpha value is -8.87. The molecule has 6 heteroatoms. The molecule has 11 aromatic rings. The quantitative estimate of drug-likeness (QED) is 0.166. The first kappa shape index (κ1) is 39.5. The predicted octanol–water partition coefficient (Wildman–Crippen LogP) is 20.0. The van der Waals surface area contributed by atoms with Gasteiger partial charge in [0.25, 0.3) is 0 Å². The van der Waals surface area contributed by atoms with Crippen LogP contribution >= 0.6 is 0 Å². The van der Waals surface area contributed by atoms with Gasteiger partial charge in [-0.05, 0) is 161 Å². The molecule has 0 fully saturated rings. The first-order valence-electron chi connectivity index (χ1n) is 32.1. The molecule has 6 nitrogen and oxygen atoms in total. The second kappa shape index (κ2) is 19.9. The predicted molar refractivity (Wildman–Crippen MR) is 329 cm³/mol. The second-order valence-electron chi connectivity index (χ2n) is 22.2. The Labute approximate surface area is 479 Å². The molecule has 9 aromatic carbocycles. The molecule has 14 rings (SSSR count). The third kappa shape index (κ3) is 9.39. The number of rotatable bonds is 6. The zero-order valence-corrected chi connectivity index (χ0v) is 45.4. The van der Waals surface area contributed by atoms with Gasteiger partial charge in [-0.25, -0.2) is 4.98 Å². The van der Waals surface area contributed by atoms with E-state index in [2.05, 4.69) is 30.6 Å². The highest BCUT2D eigenvalue weighted by molar-refractivity contribution is 6.11. The van der Waals surface area contributed by atoms with E-state index < -0.39 is 36.8 Å². The van der Waals surface area contributed by atoms with E-state index in [0.29, 0.717) is 95.3 Å². The van der Waals surface area contributed by atoms with Crippen LogP contribution in [0.2, 0.25) is 0 Å². The number of hydrogen-bond acceptors (Lipinski definition) is 5. The van der Waals surface area contributed by atoms with Crippen molar-refractivity contribution in [2.75, 3.05) is 16.5 Å². The summed E-state index contributed by atoms with van der Waals surface area (Å²) in [5, 5.41) is 1.21. The normalized spacial score (nSPS) is 15.4. The van der Waals surface area contributed by atoms with Gasteiger partial charge >= 0.3 is 0 Å². The van der Waals surface area contributed by atoms with Crippen LogP contribution in [-0.4, -0.2) is 16.2 Å². The Kier molecular flexibility index (Phi) is 9.92. The first-order valence-corrected chi connectivity index (χ1v) is 27.1. The molecule has 3 aliphatic heterocycles. The van der Waals surface area contributed by atoms with Gasteiger partial charge < -0.3 is 19.3 Å². The van der Waals surface area contributed by atoms with Crippen LogP contribution in [0.3, 0.4) is 0 Å². The fraction of sp³-hybridized carbons (Fsp3) is 0.192. The van der Waals surface area contributed by atoms with Crippen LogP contribution in [0.4, 0.5) is 22.7 Å². The lowest BCUT2D eigenvalue weighted by Gasteiger charge is -2.29. The van der Waals surface area contributed by atoms with Crippen LogP contribution in [0.1, 0.15) is 84.4 Å². The smallest absolute Gasteiger partial charge is 0.137 e. The van der Waals surface area contributed by atoms with Crippen molar-refractivity contribution >= 4 is 44.6 Å². The van der Waals surface area contributed by atoms with Crippen molar-refractivity contribution in [1.29, 1.82) is 0 Å². The van der Waals surface area contributed by atoms with Gasteiger partial charge in [0, 0.05) is 66.6 Å². The molecule has 0 saturated heterocycles. The standard InChI is InChI=1S/C73H66N4O2/c1-46(2)32-49-34-48(5)35-54(36-49)61-37-50(33-47(3)4)38-63-60-24-12-15-27-70(60)79-56-22-16-20-53(39-56)64-44-74-71(43-65(64)73(6,7)8)77-66-31-28-52(51-18-10-9-11-19-51)40-62(66)59-30-29-58(42-69(59)77)78-57-23-17-21-55(41-57)75-45-76(72(61)63)68-26-14-13-25-67(68)75/h9-31,34-44,46-47H,32-33,45H2,1-8H3/i5D3,28D,31D,32D2,33D2,40D. The maximum atomic E-state index is 9.87. The third-order valence-corrected chi connectivity index (χ3v) is 14.7. The summed E-state index contributed by atoms with van der Waals surface area (Å²) in [4.78, 5) is 9.55. The van der Waals surface area contributed by atoms with Gasteiger partial charge in [-0.1, -0.05) is 157 Å². The molecule has 0 amide bonds. The average molecular weight is 1040 g/mol. The number of aryl methyl sites for hydroxylation is 1. The number of hydrogen-bond donors (Lipinski definition) is 0. The minimum atomic E-state index is -2.63. The molecule has 79 heavy (non-hydrogen) atoms. The molecule has 5 heterocycles. The van der Waals surface area contributed by atoms with Crippen molar-refractivity contribution < 1.29 is 23.2 Å². The number of para-hydroxylation sites is 3. The summed E-state index contributed by atoms with van der Waals surface area (Å²) in [6, 6.07) is 56.9. The van der Waals surface area contributed by atoms with E-state index in [1.54, 1.807) is 26.0 Å². The van der Waals surface area contributed by atoms with Crippen molar-refractivity contribution in [3.63, 3.8) is 0 Å². The van der Waals surface area contributed by atoms with Crippen molar-refractivity contribution in [1.82, 2.24) is 9.55 Å². The van der Waals surface area contributed by atoms with E-state index in [1.807, 2.05) is 188 Å². The average Bonchev–Trinajstić information content (AvgIpc) is 1.64. The fourth-order valence-electron chi connectivity index (χ4n) is 11.3. The highest BCUT2D eigenvalue weighted by atomic mass is 16.5. The number of fused-ring (bicyclic) bond motifs is 5. The maximum absolute atomic E-state index is 9.87. The van der Waals surface area contributed by atoms with E-state index in [1.165, 1.54) is 6.07 Å². The van der Waals surface area contributed by atoms with Crippen LogP contribution < -0.4 is 19.3 Å². The molecular formula is C73H66N4O2. The molecule has 0 N–H and O–H groups in total. The zero-order valence-electron chi connectivity index (χ0n) is 55.4.